The van der Waals surface area contributed by atoms with Crippen molar-refractivity contribution in [3.05, 3.63) is 11.1 Å². The van der Waals surface area contributed by atoms with Gasteiger partial charge in [-0.3, -0.25) is 9.52 Å². The van der Waals surface area contributed by atoms with Crippen LogP contribution in [0.5, 0.6) is 0 Å². The zero-order valence-electron chi connectivity index (χ0n) is 11.8. The summed E-state index contributed by atoms with van der Waals surface area (Å²) in [5, 5.41) is 10.9. The molecule has 21 heavy (non-hydrogen) atoms. The molecule has 1 aliphatic rings. The normalized spacial score (nSPS) is 19.0. The summed E-state index contributed by atoms with van der Waals surface area (Å²) in [6.45, 7) is 1.54. The summed E-state index contributed by atoms with van der Waals surface area (Å²) in [7, 11) is -3.34. The predicted molar refractivity (Wildman–Crippen MR) is 80.7 cm³/mol. The standard InChI is InChI=1S/C12H19N3O4S2/c1-21(18,19)14-12-13-10(8-20-12)6-11(17)15-4-2-9(7-15)3-5-16/h8-9,16H,2-7H2,1H3,(H,13,14). The Morgan fingerprint density at radius 1 is 1.62 bits per heavy atom. The van der Waals surface area contributed by atoms with E-state index in [1.165, 1.54) is 0 Å². The first kappa shape index (κ1) is 16.2. The number of nitrogens with zero attached hydrogens (tertiary/aromatic N) is 2. The minimum Gasteiger partial charge on any atom is -0.396 e. The van der Waals surface area contributed by atoms with Gasteiger partial charge in [0.25, 0.3) is 0 Å². The zero-order chi connectivity index (χ0) is 15.5. The molecule has 0 saturated carbocycles. The number of carbonyl (C=O) groups excluding carboxylic acids is 1. The van der Waals surface area contributed by atoms with Crippen molar-refractivity contribution in [1.82, 2.24) is 9.88 Å². The second-order valence-electron chi connectivity index (χ2n) is 5.20. The van der Waals surface area contributed by atoms with Crippen LogP contribution in [0.2, 0.25) is 0 Å². The van der Waals surface area contributed by atoms with Gasteiger partial charge in [-0.2, -0.15) is 0 Å². The zero-order valence-corrected chi connectivity index (χ0v) is 13.4. The number of aliphatic hydroxyl groups excluding tert-OH is 1. The highest BCUT2D eigenvalue weighted by Crippen LogP contribution is 2.21. The van der Waals surface area contributed by atoms with Gasteiger partial charge in [-0.05, 0) is 18.8 Å². The highest BCUT2D eigenvalue weighted by molar-refractivity contribution is 7.92. The summed E-state index contributed by atoms with van der Waals surface area (Å²) in [4.78, 5) is 18.0. The number of rotatable bonds is 6. The number of sulfonamides is 1. The predicted octanol–water partition coefficient (Wildman–Crippen LogP) is 0.288. The molecule has 2 N–H and O–H groups in total. The van der Waals surface area contributed by atoms with Gasteiger partial charge in [0.15, 0.2) is 5.13 Å². The number of likely N-dealkylation sites (tertiary alicyclic amines) is 1. The van der Waals surface area contributed by atoms with E-state index in [4.69, 9.17) is 5.11 Å². The van der Waals surface area contributed by atoms with E-state index < -0.39 is 10.0 Å². The second kappa shape index (κ2) is 6.71. The molecule has 2 heterocycles. The average molecular weight is 333 g/mol. The summed E-state index contributed by atoms with van der Waals surface area (Å²) in [6, 6.07) is 0. The van der Waals surface area contributed by atoms with E-state index in [0.717, 1.165) is 30.4 Å². The van der Waals surface area contributed by atoms with Gasteiger partial charge >= 0.3 is 0 Å². The van der Waals surface area contributed by atoms with Crippen molar-refractivity contribution in [1.29, 1.82) is 0 Å². The largest absolute Gasteiger partial charge is 0.396 e. The Morgan fingerprint density at radius 2 is 2.38 bits per heavy atom. The molecule has 1 amide bonds. The van der Waals surface area contributed by atoms with Crippen molar-refractivity contribution in [2.75, 3.05) is 30.7 Å². The number of thiazole rings is 1. The molecule has 0 aromatic carbocycles. The Kier molecular flexibility index (Phi) is 5.17. The van der Waals surface area contributed by atoms with Crippen LogP contribution in [0.25, 0.3) is 0 Å². The lowest BCUT2D eigenvalue weighted by molar-refractivity contribution is -0.129. The summed E-state index contributed by atoms with van der Waals surface area (Å²) in [5.74, 6) is 0.364. The van der Waals surface area contributed by atoms with Crippen LogP contribution in [0, 0.1) is 5.92 Å². The summed E-state index contributed by atoms with van der Waals surface area (Å²) >= 11 is 1.16. The number of hydrogen-bond acceptors (Lipinski definition) is 6. The molecule has 0 aliphatic carbocycles. The van der Waals surface area contributed by atoms with E-state index in [-0.39, 0.29) is 24.1 Å². The number of nitrogens with one attached hydrogen (secondary N) is 1. The molecule has 1 aliphatic heterocycles. The van der Waals surface area contributed by atoms with Crippen molar-refractivity contribution < 1.29 is 18.3 Å². The molecule has 0 radical (unpaired) electrons. The van der Waals surface area contributed by atoms with E-state index in [1.807, 2.05) is 0 Å². The maximum Gasteiger partial charge on any atom is 0.231 e. The number of amides is 1. The lowest BCUT2D eigenvalue weighted by Crippen LogP contribution is -2.30. The molecule has 1 atom stereocenters. The van der Waals surface area contributed by atoms with Crippen molar-refractivity contribution in [3.8, 4) is 0 Å². The van der Waals surface area contributed by atoms with Gasteiger partial charge in [0.1, 0.15) is 0 Å². The number of anilines is 1. The van der Waals surface area contributed by atoms with Crippen LogP contribution in [0.15, 0.2) is 5.38 Å². The van der Waals surface area contributed by atoms with Gasteiger partial charge in [0.2, 0.25) is 15.9 Å². The molecule has 1 saturated heterocycles. The third-order valence-corrected chi connectivity index (χ3v) is 4.83. The lowest BCUT2D eigenvalue weighted by atomic mass is 10.1. The first-order valence-corrected chi connectivity index (χ1v) is 9.45. The molecule has 1 unspecified atom stereocenters. The highest BCUT2D eigenvalue weighted by atomic mass is 32.2. The minimum atomic E-state index is -3.34. The van der Waals surface area contributed by atoms with Crippen LogP contribution in [0.4, 0.5) is 5.13 Å². The fraction of sp³-hybridized carbons (Fsp3) is 0.667. The third-order valence-electron chi connectivity index (χ3n) is 3.33. The molecule has 9 heteroatoms. The topological polar surface area (TPSA) is 99.6 Å². The molecular formula is C12H19N3O4S2. The molecular weight excluding hydrogens is 314 g/mol. The van der Waals surface area contributed by atoms with Gasteiger partial charge in [0, 0.05) is 25.1 Å². The Bertz CT molecular complexity index is 599. The SMILES string of the molecule is CS(=O)(=O)Nc1nc(CC(=O)N2CCC(CCO)C2)cs1. The molecule has 2 rings (SSSR count). The van der Waals surface area contributed by atoms with Crippen LogP contribution in [0.1, 0.15) is 18.5 Å². The fourth-order valence-corrected chi connectivity index (χ4v) is 3.90. The molecule has 0 spiro atoms. The summed E-state index contributed by atoms with van der Waals surface area (Å²) in [6.07, 6.45) is 2.88. The maximum atomic E-state index is 12.1. The number of hydrogen-bond donors (Lipinski definition) is 2. The summed E-state index contributed by atoms with van der Waals surface area (Å²) < 4.78 is 24.5. The monoisotopic (exact) mass is 333 g/mol. The van der Waals surface area contributed by atoms with Crippen LogP contribution >= 0.6 is 11.3 Å². The third kappa shape index (κ3) is 4.94. The van der Waals surface area contributed by atoms with E-state index in [2.05, 4.69) is 9.71 Å². The van der Waals surface area contributed by atoms with E-state index in [9.17, 15) is 13.2 Å². The molecule has 7 nitrogen and oxygen atoms in total. The minimum absolute atomic E-state index is 0.00774. The van der Waals surface area contributed by atoms with E-state index in [1.54, 1.807) is 10.3 Å². The van der Waals surface area contributed by atoms with Gasteiger partial charge in [-0.25, -0.2) is 13.4 Å². The molecule has 1 aromatic heterocycles. The summed E-state index contributed by atoms with van der Waals surface area (Å²) in [5.41, 5.74) is 0.571. The fourth-order valence-electron chi connectivity index (χ4n) is 2.34. The molecule has 1 aromatic rings. The first-order chi connectivity index (χ1) is 9.87. The Hall–Kier alpha value is -1.19. The number of carbonyl (C=O) groups is 1. The Morgan fingerprint density at radius 3 is 3.05 bits per heavy atom. The number of aromatic nitrogens is 1. The van der Waals surface area contributed by atoms with Gasteiger partial charge in [-0.1, -0.05) is 0 Å². The maximum absolute atomic E-state index is 12.1. The van der Waals surface area contributed by atoms with Gasteiger partial charge < -0.3 is 10.0 Å². The van der Waals surface area contributed by atoms with Crippen molar-refractivity contribution in [3.63, 3.8) is 0 Å². The van der Waals surface area contributed by atoms with Crippen LogP contribution in [-0.4, -0.2) is 55.3 Å². The van der Waals surface area contributed by atoms with Gasteiger partial charge in [-0.15, -0.1) is 11.3 Å². The van der Waals surface area contributed by atoms with Crippen LogP contribution < -0.4 is 4.72 Å². The van der Waals surface area contributed by atoms with Gasteiger partial charge in [0.05, 0.1) is 18.4 Å². The van der Waals surface area contributed by atoms with Crippen LogP contribution in [-0.2, 0) is 21.2 Å². The van der Waals surface area contributed by atoms with Crippen molar-refractivity contribution >= 4 is 32.4 Å². The average Bonchev–Trinajstić information content (AvgIpc) is 2.97. The quantitative estimate of drug-likeness (QED) is 0.779. The Balaban J connectivity index is 1.89. The van der Waals surface area contributed by atoms with Crippen molar-refractivity contribution in [2.24, 2.45) is 5.92 Å². The molecule has 118 valence electrons. The first-order valence-electron chi connectivity index (χ1n) is 6.68. The second-order valence-corrected chi connectivity index (χ2v) is 7.81. The number of aliphatic hydroxyl groups is 1. The van der Waals surface area contributed by atoms with E-state index in [0.29, 0.717) is 24.7 Å². The van der Waals surface area contributed by atoms with Crippen molar-refractivity contribution in [2.45, 2.75) is 19.3 Å². The van der Waals surface area contributed by atoms with Crippen LogP contribution in [0.3, 0.4) is 0 Å². The molecule has 0 bridgehead atoms. The Labute approximate surface area is 128 Å². The lowest BCUT2D eigenvalue weighted by Gasteiger charge is -2.15. The smallest absolute Gasteiger partial charge is 0.231 e. The van der Waals surface area contributed by atoms with E-state index >= 15 is 0 Å². The molecule has 1 fully saturated rings. The highest BCUT2D eigenvalue weighted by Gasteiger charge is 2.26.